The fraction of sp³-hybridized carbons (Fsp3) is 0.846. The number of Topliss-reactive ketones (excluding diaryl/α,β-unsaturated/α-hetero) is 1. The predicted molar refractivity (Wildman–Crippen MR) is 68.0 cm³/mol. The first-order valence-corrected chi connectivity index (χ1v) is 6.25. The van der Waals surface area contributed by atoms with E-state index in [4.69, 9.17) is 4.74 Å². The lowest BCUT2D eigenvalue weighted by Gasteiger charge is -2.32. The van der Waals surface area contributed by atoms with Gasteiger partial charge in [-0.15, -0.1) is 0 Å². The Hall–Kier alpha value is -1.06. The number of nitrogens with one attached hydrogen (secondary N) is 1. The first-order valence-electron chi connectivity index (χ1n) is 6.25. The van der Waals surface area contributed by atoms with Crippen LogP contribution in [0.15, 0.2) is 0 Å². The van der Waals surface area contributed by atoms with Crippen molar-refractivity contribution in [3.8, 4) is 0 Å². The SMILES string of the molecule is CCC(=O)C(CC)(CC)NC(=O)OC(C)(C)C. The Bertz CT molecular complexity index is 275. The Balaban J connectivity index is 4.77. The highest BCUT2D eigenvalue weighted by Gasteiger charge is 2.36. The molecule has 1 amide bonds. The molecule has 0 saturated heterocycles. The molecule has 0 aliphatic carbocycles. The van der Waals surface area contributed by atoms with Crippen molar-refractivity contribution >= 4 is 11.9 Å². The fourth-order valence-corrected chi connectivity index (χ4v) is 1.73. The van der Waals surface area contributed by atoms with Gasteiger partial charge in [0.2, 0.25) is 0 Å². The van der Waals surface area contributed by atoms with Gasteiger partial charge in [-0.3, -0.25) is 4.79 Å². The Morgan fingerprint density at radius 1 is 1.06 bits per heavy atom. The number of hydrogen-bond donors (Lipinski definition) is 1. The maximum absolute atomic E-state index is 11.9. The van der Waals surface area contributed by atoms with E-state index in [1.165, 1.54) is 0 Å². The lowest BCUT2D eigenvalue weighted by atomic mass is 9.87. The molecule has 0 fully saturated rings. The lowest BCUT2D eigenvalue weighted by Crippen LogP contribution is -2.54. The Morgan fingerprint density at radius 2 is 1.53 bits per heavy atom. The summed E-state index contributed by atoms with van der Waals surface area (Å²) in [6, 6.07) is 0. The highest BCUT2D eigenvalue weighted by Crippen LogP contribution is 2.19. The standard InChI is InChI=1S/C13H25NO3/c1-7-10(15)13(8-2,9-3)14-11(16)17-12(4,5)6/h7-9H2,1-6H3,(H,14,16). The van der Waals surface area contributed by atoms with Gasteiger partial charge >= 0.3 is 6.09 Å². The summed E-state index contributed by atoms with van der Waals surface area (Å²) >= 11 is 0. The van der Waals surface area contributed by atoms with E-state index in [0.717, 1.165) is 0 Å². The number of amides is 1. The number of carbonyl (C=O) groups is 2. The maximum atomic E-state index is 11.9. The molecule has 4 nitrogen and oxygen atoms in total. The van der Waals surface area contributed by atoms with Gasteiger partial charge in [0.05, 0.1) is 0 Å². The minimum atomic E-state index is -0.781. The van der Waals surface area contributed by atoms with Gasteiger partial charge in [-0.25, -0.2) is 4.79 Å². The summed E-state index contributed by atoms with van der Waals surface area (Å²) in [5.41, 5.74) is -1.33. The maximum Gasteiger partial charge on any atom is 0.408 e. The van der Waals surface area contributed by atoms with Crippen LogP contribution >= 0.6 is 0 Å². The van der Waals surface area contributed by atoms with Crippen molar-refractivity contribution in [3.63, 3.8) is 0 Å². The van der Waals surface area contributed by atoms with Crippen LogP contribution in [0.4, 0.5) is 4.79 Å². The van der Waals surface area contributed by atoms with Gasteiger partial charge in [-0.2, -0.15) is 0 Å². The summed E-state index contributed by atoms with van der Waals surface area (Å²) < 4.78 is 5.19. The van der Waals surface area contributed by atoms with Gasteiger partial charge in [0.25, 0.3) is 0 Å². The highest BCUT2D eigenvalue weighted by atomic mass is 16.6. The van der Waals surface area contributed by atoms with E-state index in [2.05, 4.69) is 5.32 Å². The Kier molecular flexibility index (Phi) is 5.66. The minimum absolute atomic E-state index is 0.0494. The van der Waals surface area contributed by atoms with Crippen LogP contribution < -0.4 is 5.32 Å². The predicted octanol–water partition coefficient (Wildman–Crippen LogP) is 3.05. The van der Waals surface area contributed by atoms with Crippen molar-refractivity contribution in [2.75, 3.05) is 0 Å². The number of hydrogen-bond acceptors (Lipinski definition) is 3. The van der Waals surface area contributed by atoms with Crippen molar-refractivity contribution in [2.45, 2.75) is 71.9 Å². The zero-order valence-corrected chi connectivity index (χ0v) is 11.8. The molecular weight excluding hydrogens is 218 g/mol. The van der Waals surface area contributed by atoms with Crippen LogP contribution in [0, 0.1) is 0 Å². The van der Waals surface area contributed by atoms with Crippen LogP contribution in [0.3, 0.4) is 0 Å². The van der Waals surface area contributed by atoms with Crippen molar-refractivity contribution in [3.05, 3.63) is 0 Å². The number of ketones is 1. The van der Waals surface area contributed by atoms with E-state index in [0.29, 0.717) is 19.3 Å². The molecule has 0 spiro atoms. The molecule has 0 aromatic heterocycles. The van der Waals surface area contributed by atoms with Crippen LogP contribution in [0.2, 0.25) is 0 Å². The second-order valence-electron chi connectivity index (χ2n) is 5.19. The molecule has 0 unspecified atom stereocenters. The second kappa shape index (κ2) is 6.03. The molecule has 100 valence electrons. The molecule has 0 aromatic rings. The lowest BCUT2D eigenvalue weighted by molar-refractivity contribution is -0.125. The molecule has 0 aliphatic heterocycles. The number of alkyl carbamates (subject to hydrolysis) is 1. The normalized spacial score (nSPS) is 12.1. The van der Waals surface area contributed by atoms with E-state index in [1.54, 1.807) is 27.7 Å². The van der Waals surface area contributed by atoms with Crippen LogP contribution in [0.25, 0.3) is 0 Å². The first kappa shape index (κ1) is 15.9. The topological polar surface area (TPSA) is 55.4 Å². The smallest absolute Gasteiger partial charge is 0.408 e. The van der Waals surface area contributed by atoms with Crippen molar-refractivity contribution < 1.29 is 14.3 Å². The minimum Gasteiger partial charge on any atom is -0.444 e. The van der Waals surface area contributed by atoms with Crippen LogP contribution in [0.1, 0.15) is 60.8 Å². The van der Waals surface area contributed by atoms with Gasteiger partial charge in [-0.05, 0) is 33.6 Å². The van der Waals surface area contributed by atoms with Gasteiger partial charge < -0.3 is 10.1 Å². The van der Waals surface area contributed by atoms with Gasteiger partial charge in [0.15, 0.2) is 5.78 Å². The molecule has 4 heteroatoms. The van der Waals surface area contributed by atoms with Crippen LogP contribution in [-0.4, -0.2) is 23.0 Å². The van der Waals surface area contributed by atoms with E-state index in [-0.39, 0.29) is 5.78 Å². The molecule has 0 saturated carbocycles. The monoisotopic (exact) mass is 243 g/mol. The molecule has 0 radical (unpaired) electrons. The summed E-state index contributed by atoms with van der Waals surface area (Å²) in [5, 5.41) is 2.73. The zero-order valence-electron chi connectivity index (χ0n) is 11.8. The zero-order chi connectivity index (χ0) is 13.7. The van der Waals surface area contributed by atoms with Gasteiger partial charge in [-0.1, -0.05) is 20.8 Å². The number of ether oxygens (including phenoxy) is 1. The molecule has 17 heavy (non-hydrogen) atoms. The molecular formula is C13H25NO3. The summed E-state index contributed by atoms with van der Waals surface area (Å²) in [6.45, 7) is 11.0. The molecule has 0 aliphatic rings. The average molecular weight is 243 g/mol. The van der Waals surface area contributed by atoms with E-state index in [1.807, 2.05) is 13.8 Å². The van der Waals surface area contributed by atoms with Crippen LogP contribution in [-0.2, 0) is 9.53 Å². The molecule has 0 aromatic carbocycles. The third kappa shape index (κ3) is 4.75. The van der Waals surface area contributed by atoms with E-state index < -0.39 is 17.2 Å². The largest absolute Gasteiger partial charge is 0.444 e. The van der Waals surface area contributed by atoms with E-state index in [9.17, 15) is 9.59 Å². The summed E-state index contributed by atoms with van der Waals surface area (Å²) in [6.07, 6.45) is 1.05. The molecule has 1 N–H and O–H groups in total. The summed E-state index contributed by atoms with van der Waals surface area (Å²) in [4.78, 5) is 23.7. The third-order valence-electron chi connectivity index (χ3n) is 2.80. The third-order valence-corrected chi connectivity index (χ3v) is 2.80. The summed E-state index contributed by atoms with van der Waals surface area (Å²) in [7, 11) is 0. The van der Waals surface area contributed by atoms with Gasteiger partial charge in [0, 0.05) is 6.42 Å². The summed E-state index contributed by atoms with van der Waals surface area (Å²) in [5.74, 6) is 0.0494. The highest BCUT2D eigenvalue weighted by molar-refractivity contribution is 5.91. The Labute approximate surface area is 104 Å². The van der Waals surface area contributed by atoms with Gasteiger partial charge in [0.1, 0.15) is 11.1 Å². The number of rotatable bonds is 5. The van der Waals surface area contributed by atoms with Crippen molar-refractivity contribution in [1.29, 1.82) is 0 Å². The first-order chi connectivity index (χ1) is 7.70. The number of carbonyl (C=O) groups excluding carboxylic acids is 2. The second-order valence-corrected chi connectivity index (χ2v) is 5.19. The Morgan fingerprint density at radius 3 is 1.82 bits per heavy atom. The average Bonchev–Trinajstić information content (AvgIpc) is 2.22. The van der Waals surface area contributed by atoms with Crippen molar-refractivity contribution in [2.24, 2.45) is 0 Å². The fourth-order valence-electron chi connectivity index (χ4n) is 1.73. The molecule has 0 atom stereocenters. The van der Waals surface area contributed by atoms with Crippen molar-refractivity contribution in [1.82, 2.24) is 5.32 Å². The van der Waals surface area contributed by atoms with E-state index >= 15 is 0 Å². The van der Waals surface area contributed by atoms with Crippen LogP contribution in [0.5, 0.6) is 0 Å². The molecule has 0 bridgehead atoms. The quantitative estimate of drug-likeness (QED) is 0.807. The molecule has 0 heterocycles. The molecule has 0 rings (SSSR count).